The molecule has 76 valence electrons. The van der Waals surface area contributed by atoms with Crippen molar-refractivity contribution in [3.63, 3.8) is 0 Å². The lowest BCUT2D eigenvalue weighted by Gasteiger charge is -2.09. The summed E-state index contributed by atoms with van der Waals surface area (Å²) in [6.45, 7) is 1.16. The first-order chi connectivity index (χ1) is 6.88. The van der Waals surface area contributed by atoms with Gasteiger partial charge >= 0.3 is 0 Å². The fourth-order valence-electron chi connectivity index (χ4n) is 1.87. The van der Waals surface area contributed by atoms with Crippen LogP contribution in [0, 0.1) is 0 Å². The van der Waals surface area contributed by atoms with Crippen LogP contribution in [-0.4, -0.2) is 24.7 Å². The molecule has 1 aromatic heterocycles. The molecule has 3 nitrogen and oxygen atoms in total. The van der Waals surface area contributed by atoms with Crippen molar-refractivity contribution in [1.29, 1.82) is 0 Å². The van der Waals surface area contributed by atoms with Crippen molar-refractivity contribution in [2.75, 3.05) is 13.7 Å². The van der Waals surface area contributed by atoms with Gasteiger partial charge in [-0.05, 0) is 31.4 Å². The summed E-state index contributed by atoms with van der Waals surface area (Å²) < 4.78 is 5.01. The van der Waals surface area contributed by atoms with Gasteiger partial charge < -0.3 is 10.1 Å². The highest BCUT2D eigenvalue weighted by Crippen LogP contribution is 2.13. The van der Waals surface area contributed by atoms with Gasteiger partial charge in [0.2, 0.25) is 5.88 Å². The number of hydrogen-bond donors (Lipinski definition) is 1. The summed E-state index contributed by atoms with van der Waals surface area (Å²) in [6, 6.07) is 4.65. The fraction of sp³-hybridized carbons (Fsp3) is 0.545. The van der Waals surface area contributed by atoms with E-state index in [0.29, 0.717) is 11.9 Å². The van der Waals surface area contributed by atoms with Gasteiger partial charge in [0.25, 0.3) is 0 Å². The van der Waals surface area contributed by atoms with E-state index in [9.17, 15) is 0 Å². The van der Waals surface area contributed by atoms with Crippen LogP contribution in [0.4, 0.5) is 0 Å². The van der Waals surface area contributed by atoms with Crippen LogP contribution in [0.25, 0.3) is 0 Å². The maximum atomic E-state index is 5.01. The van der Waals surface area contributed by atoms with Crippen LogP contribution in [0.2, 0.25) is 0 Å². The minimum absolute atomic E-state index is 0.644. The molecule has 2 heterocycles. The molecule has 0 spiro atoms. The first kappa shape index (κ1) is 9.46. The highest BCUT2D eigenvalue weighted by molar-refractivity contribution is 5.18. The Hall–Kier alpha value is -1.09. The molecule has 0 aliphatic carbocycles. The third kappa shape index (κ3) is 2.23. The van der Waals surface area contributed by atoms with Crippen molar-refractivity contribution in [3.05, 3.63) is 23.9 Å². The quantitative estimate of drug-likeness (QED) is 0.785. The Bertz CT molecular complexity index is 278. The van der Waals surface area contributed by atoms with Gasteiger partial charge in [-0.3, -0.25) is 0 Å². The number of pyridine rings is 1. The van der Waals surface area contributed by atoms with Crippen LogP contribution < -0.4 is 10.1 Å². The number of ether oxygens (including phenoxy) is 1. The highest BCUT2D eigenvalue weighted by Gasteiger charge is 2.14. The molecule has 1 aliphatic rings. The van der Waals surface area contributed by atoms with Crippen LogP contribution in [0.1, 0.15) is 18.4 Å². The zero-order valence-corrected chi connectivity index (χ0v) is 8.49. The molecule has 0 saturated carbocycles. The topological polar surface area (TPSA) is 34.1 Å². The Morgan fingerprint density at radius 2 is 2.50 bits per heavy atom. The van der Waals surface area contributed by atoms with Crippen LogP contribution in [0.15, 0.2) is 18.3 Å². The Morgan fingerprint density at radius 1 is 1.57 bits per heavy atom. The standard InChI is InChI=1S/C11H16N2O/c1-14-11-5-4-9(8-13-11)7-10-3-2-6-12-10/h4-5,8,10,12H,2-3,6-7H2,1H3. The molecule has 14 heavy (non-hydrogen) atoms. The van der Waals surface area contributed by atoms with Gasteiger partial charge in [0, 0.05) is 18.3 Å². The molecule has 0 amide bonds. The van der Waals surface area contributed by atoms with E-state index in [1.54, 1.807) is 7.11 Å². The summed E-state index contributed by atoms with van der Waals surface area (Å²) in [5, 5.41) is 3.47. The summed E-state index contributed by atoms with van der Waals surface area (Å²) in [5.41, 5.74) is 1.28. The van der Waals surface area contributed by atoms with Gasteiger partial charge in [-0.2, -0.15) is 0 Å². The number of methoxy groups -OCH3 is 1. The Labute approximate surface area is 84.5 Å². The molecule has 0 radical (unpaired) electrons. The molecule has 3 heteroatoms. The number of nitrogens with zero attached hydrogens (tertiary/aromatic N) is 1. The molecule has 1 aromatic rings. The van der Waals surface area contributed by atoms with Crippen molar-refractivity contribution in [3.8, 4) is 5.88 Å². The molecule has 1 fully saturated rings. The molecule has 1 atom stereocenters. The zero-order chi connectivity index (χ0) is 9.80. The highest BCUT2D eigenvalue weighted by atomic mass is 16.5. The van der Waals surface area contributed by atoms with E-state index in [-0.39, 0.29) is 0 Å². The summed E-state index contributed by atoms with van der Waals surface area (Å²) >= 11 is 0. The van der Waals surface area contributed by atoms with Crippen LogP contribution >= 0.6 is 0 Å². The third-order valence-electron chi connectivity index (χ3n) is 2.65. The Kier molecular flexibility index (Phi) is 2.99. The number of aromatic nitrogens is 1. The van der Waals surface area contributed by atoms with E-state index < -0.39 is 0 Å². The Morgan fingerprint density at radius 3 is 3.07 bits per heavy atom. The maximum absolute atomic E-state index is 5.01. The van der Waals surface area contributed by atoms with Gasteiger partial charge in [-0.1, -0.05) is 6.07 Å². The lowest BCUT2D eigenvalue weighted by Crippen LogP contribution is -2.23. The minimum atomic E-state index is 0.644. The van der Waals surface area contributed by atoms with Crippen LogP contribution in [0.5, 0.6) is 5.88 Å². The van der Waals surface area contributed by atoms with Crippen molar-refractivity contribution in [2.24, 2.45) is 0 Å². The summed E-state index contributed by atoms with van der Waals surface area (Å²) in [6.07, 6.45) is 5.57. The number of rotatable bonds is 3. The monoisotopic (exact) mass is 192 g/mol. The molecule has 2 rings (SSSR count). The van der Waals surface area contributed by atoms with Gasteiger partial charge in [-0.15, -0.1) is 0 Å². The molecular formula is C11H16N2O. The first-order valence-corrected chi connectivity index (χ1v) is 5.11. The van der Waals surface area contributed by atoms with Crippen LogP contribution in [-0.2, 0) is 6.42 Å². The maximum Gasteiger partial charge on any atom is 0.212 e. The second kappa shape index (κ2) is 4.42. The van der Waals surface area contributed by atoms with Crippen LogP contribution in [0.3, 0.4) is 0 Å². The molecule has 0 aromatic carbocycles. The Balaban J connectivity index is 1.95. The second-order valence-corrected chi connectivity index (χ2v) is 3.71. The summed E-state index contributed by atoms with van der Waals surface area (Å²) in [4.78, 5) is 4.19. The molecule has 1 aliphatic heterocycles. The van der Waals surface area contributed by atoms with Gasteiger partial charge in [0.05, 0.1) is 7.11 Å². The van der Waals surface area contributed by atoms with Gasteiger partial charge in [0.15, 0.2) is 0 Å². The lowest BCUT2D eigenvalue weighted by molar-refractivity contribution is 0.397. The molecule has 1 saturated heterocycles. The molecule has 0 bridgehead atoms. The molecule has 1 N–H and O–H groups in total. The van der Waals surface area contributed by atoms with E-state index in [1.165, 1.54) is 18.4 Å². The largest absolute Gasteiger partial charge is 0.481 e. The average Bonchev–Trinajstić information content (AvgIpc) is 2.72. The summed E-state index contributed by atoms with van der Waals surface area (Å²) in [5.74, 6) is 0.688. The van der Waals surface area contributed by atoms with Gasteiger partial charge in [-0.25, -0.2) is 4.98 Å². The first-order valence-electron chi connectivity index (χ1n) is 5.11. The predicted octanol–water partition coefficient (Wildman–Crippen LogP) is 1.38. The predicted molar refractivity (Wildman–Crippen MR) is 55.5 cm³/mol. The summed E-state index contributed by atoms with van der Waals surface area (Å²) in [7, 11) is 1.64. The smallest absolute Gasteiger partial charge is 0.212 e. The van der Waals surface area contributed by atoms with E-state index in [0.717, 1.165) is 13.0 Å². The lowest BCUT2D eigenvalue weighted by atomic mass is 10.1. The minimum Gasteiger partial charge on any atom is -0.481 e. The van der Waals surface area contributed by atoms with Gasteiger partial charge in [0.1, 0.15) is 0 Å². The van der Waals surface area contributed by atoms with E-state index in [2.05, 4.69) is 16.4 Å². The molecular weight excluding hydrogens is 176 g/mol. The average molecular weight is 192 g/mol. The SMILES string of the molecule is COc1ccc(CC2CCCN2)cn1. The zero-order valence-electron chi connectivity index (χ0n) is 8.49. The van der Waals surface area contributed by atoms with Crippen molar-refractivity contribution < 1.29 is 4.74 Å². The van der Waals surface area contributed by atoms with E-state index in [1.807, 2.05) is 12.3 Å². The number of hydrogen-bond acceptors (Lipinski definition) is 3. The van der Waals surface area contributed by atoms with E-state index in [4.69, 9.17) is 4.74 Å². The number of nitrogens with one attached hydrogen (secondary N) is 1. The second-order valence-electron chi connectivity index (χ2n) is 3.71. The van der Waals surface area contributed by atoms with Crippen molar-refractivity contribution in [1.82, 2.24) is 10.3 Å². The normalized spacial score (nSPS) is 21.1. The fourth-order valence-corrected chi connectivity index (χ4v) is 1.87. The van der Waals surface area contributed by atoms with Crippen molar-refractivity contribution in [2.45, 2.75) is 25.3 Å². The third-order valence-corrected chi connectivity index (χ3v) is 2.65. The van der Waals surface area contributed by atoms with E-state index >= 15 is 0 Å². The van der Waals surface area contributed by atoms with Crippen molar-refractivity contribution >= 4 is 0 Å². The molecule has 1 unspecified atom stereocenters.